The molecule has 3 unspecified atom stereocenters. The van der Waals surface area contributed by atoms with Crippen molar-refractivity contribution in [3.05, 3.63) is 29.5 Å². The van der Waals surface area contributed by atoms with Crippen molar-refractivity contribution >= 4 is 34.0 Å². The van der Waals surface area contributed by atoms with Crippen LogP contribution in [0.25, 0.3) is 21.6 Å². The number of ether oxygens (including phenoxy) is 1. The van der Waals surface area contributed by atoms with E-state index >= 15 is 0 Å². The topological polar surface area (TPSA) is 124 Å². The Hall–Kier alpha value is -2.53. The highest BCUT2D eigenvalue weighted by Gasteiger charge is 2.43. The molecular weight excluding hydrogens is 454 g/mol. The molecule has 3 aromatic heterocycles. The SMILES string of the molecule is C[C@H](O)C(=O)N1C[C@H]2CC(Nc3c(-c4ncc(C5COCC5O)s4)cnc4[nH]ccc34)C[C@H]2C1. The van der Waals surface area contributed by atoms with E-state index in [2.05, 4.69) is 20.3 Å². The average Bonchev–Trinajstić information content (AvgIpc) is 3.60. The van der Waals surface area contributed by atoms with Gasteiger partial charge < -0.3 is 30.2 Å². The molecule has 6 rings (SSSR count). The number of nitrogens with zero attached hydrogens (tertiary/aromatic N) is 3. The van der Waals surface area contributed by atoms with Gasteiger partial charge in [-0.05, 0) is 37.7 Å². The summed E-state index contributed by atoms with van der Waals surface area (Å²) < 4.78 is 5.43. The smallest absolute Gasteiger partial charge is 0.251 e. The maximum atomic E-state index is 12.2. The minimum atomic E-state index is -0.936. The zero-order valence-electron chi connectivity index (χ0n) is 19.0. The third-order valence-corrected chi connectivity index (χ3v) is 8.69. The van der Waals surface area contributed by atoms with E-state index in [9.17, 15) is 15.0 Å². The van der Waals surface area contributed by atoms with Gasteiger partial charge in [-0.15, -0.1) is 11.3 Å². The van der Waals surface area contributed by atoms with Crippen LogP contribution in [-0.2, 0) is 9.53 Å². The molecule has 34 heavy (non-hydrogen) atoms. The number of fused-ring (bicyclic) bond motifs is 2. The van der Waals surface area contributed by atoms with Gasteiger partial charge in [-0.3, -0.25) is 4.79 Å². The summed E-state index contributed by atoms with van der Waals surface area (Å²) >= 11 is 1.58. The minimum Gasteiger partial charge on any atom is -0.390 e. The molecule has 1 amide bonds. The molecule has 10 heteroatoms. The van der Waals surface area contributed by atoms with E-state index in [1.807, 2.05) is 29.6 Å². The summed E-state index contributed by atoms with van der Waals surface area (Å²) in [5.74, 6) is 0.694. The molecule has 3 aliphatic rings. The van der Waals surface area contributed by atoms with Crippen molar-refractivity contribution in [2.75, 3.05) is 31.6 Å². The van der Waals surface area contributed by atoms with E-state index in [1.54, 1.807) is 18.3 Å². The zero-order valence-corrected chi connectivity index (χ0v) is 19.8. The van der Waals surface area contributed by atoms with Crippen LogP contribution < -0.4 is 5.32 Å². The number of carbonyl (C=O) groups excluding carboxylic acids is 1. The molecule has 0 radical (unpaired) electrons. The molecule has 180 valence electrons. The van der Waals surface area contributed by atoms with Crippen LogP contribution in [0.4, 0.5) is 5.69 Å². The van der Waals surface area contributed by atoms with Crippen molar-refractivity contribution in [3.63, 3.8) is 0 Å². The number of hydrogen-bond acceptors (Lipinski definition) is 8. The van der Waals surface area contributed by atoms with Gasteiger partial charge in [0.1, 0.15) is 16.8 Å². The zero-order chi connectivity index (χ0) is 23.4. The number of hydrogen-bond donors (Lipinski definition) is 4. The maximum Gasteiger partial charge on any atom is 0.251 e. The van der Waals surface area contributed by atoms with Gasteiger partial charge in [0.15, 0.2) is 0 Å². The number of aliphatic hydroxyl groups excluding tert-OH is 2. The van der Waals surface area contributed by atoms with Crippen LogP contribution in [0.3, 0.4) is 0 Å². The third kappa shape index (κ3) is 3.78. The number of thiazole rings is 1. The summed E-state index contributed by atoms with van der Waals surface area (Å²) in [7, 11) is 0. The van der Waals surface area contributed by atoms with Crippen molar-refractivity contribution in [2.45, 2.75) is 43.9 Å². The number of amides is 1. The molecule has 1 saturated carbocycles. The lowest BCUT2D eigenvalue weighted by Crippen LogP contribution is -2.37. The number of nitrogens with one attached hydrogen (secondary N) is 2. The second-order valence-corrected chi connectivity index (χ2v) is 10.9. The van der Waals surface area contributed by atoms with Gasteiger partial charge in [0.05, 0.1) is 30.6 Å². The van der Waals surface area contributed by atoms with Crippen LogP contribution in [0.5, 0.6) is 0 Å². The standard InChI is InChI=1S/C24H29N5O4S/c1-12(30)24(32)29-8-13-4-15(5-14(13)9-29)28-21-16-2-3-25-22(16)26-6-17(21)23-27-7-20(34-23)18-10-33-11-19(18)31/h2-3,6-7,12-15,18-19,30-31H,4-5,8-11H2,1H3,(H2,25,26,28)/t12-,13-,14+,15?,18?,19?/m0/s1. The monoisotopic (exact) mass is 483 g/mol. The molecule has 3 fully saturated rings. The average molecular weight is 484 g/mol. The van der Waals surface area contributed by atoms with Gasteiger partial charge in [0, 0.05) is 53.9 Å². The fraction of sp³-hybridized carbons (Fsp3) is 0.542. The second-order valence-electron chi connectivity index (χ2n) is 9.82. The van der Waals surface area contributed by atoms with E-state index in [0.29, 0.717) is 31.1 Å². The molecule has 1 aliphatic carbocycles. The normalized spacial score (nSPS) is 29.6. The summed E-state index contributed by atoms with van der Waals surface area (Å²) in [4.78, 5) is 27.5. The Bertz CT molecular complexity index is 1200. The van der Waals surface area contributed by atoms with Gasteiger partial charge in [-0.1, -0.05) is 0 Å². The van der Waals surface area contributed by atoms with Crippen LogP contribution in [0.2, 0.25) is 0 Å². The number of aromatic amines is 1. The molecular formula is C24H29N5O4S. The first-order valence-corrected chi connectivity index (χ1v) is 12.7. The lowest BCUT2D eigenvalue weighted by atomic mass is 10.0. The number of pyridine rings is 1. The molecule has 2 aliphatic heterocycles. The molecule has 5 heterocycles. The van der Waals surface area contributed by atoms with Gasteiger partial charge in [-0.2, -0.15) is 0 Å². The fourth-order valence-electron chi connectivity index (χ4n) is 5.79. The summed E-state index contributed by atoms with van der Waals surface area (Å²) in [5, 5.41) is 25.6. The molecule has 6 atom stereocenters. The van der Waals surface area contributed by atoms with Gasteiger partial charge >= 0.3 is 0 Å². The highest BCUT2D eigenvalue weighted by atomic mass is 32.1. The van der Waals surface area contributed by atoms with Crippen LogP contribution in [0.15, 0.2) is 24.7 Å². The summed E-state index contributed by atoms with van der Waals surface area (Å²) in [6.45, 7) is 3.86. The van der Waals surface area contributed by atoms with Crippen LogP contribution >= 0.6 is 11.3 Å². The quantitative estimate of drug-likeness (QED) is 0.439. The van der Waals surface area contributed by atoms with E-state index in [4.69, 9.17) is 4.74 Å². The number of likely N-dealkylation sites (tertiary alicyclic amines) is 1. The molecule has 3 aromatic rings. The molecule has 2 saturated heterocycles. The maximum absolute atomic E-state index is 12.2. The first-order chi connectivity index (χ1) is 16.5. The van der Waals surface area contributed by atoms with Gasteiger partial charge in [0.25, 0.3) is 5.91 Å². The van der Waals surface area contributed by atoms with Crippen molar-refractivity contribution in [1.29, 1.82) is 0 Å². The highest BCUT2D eigenvalue weighted by Crippen LogP contribution is 2.43. The Morgan fingerprint density at radius 2 is 2.06 bits per heavy atom. The predicted octanol–water partition coefficient (Wildman–Crippen LogP) is 2.19. The largest absolute Gasteiger partial charge is 0.390 e. The summed E-state index contributed by atoms with van der Waals surface area (Å²) in [6.07, 6.45) is 6.15. The minimum absolute atomic E-state index is 0.0342. The van der Waals surface area contributed by atoms with E-state index < -0.39 is 12.2 Å². The fourth-order valence-corrected chi connectivity index (χ4v) is 6.86. The van der Waals surface area contributed by atoms with Crippen molar-refractivity contribution in [1.82, 2.24) is 19.9 Å². The van der Waals surface area contributed by atoms with E-state index in [0.717, 1.165) is 58.1 Å². The van der Waals surface area contributed by atoms with Crippen molar-refractivity contribution < 1.29 is 19.7 Å². The second kappa shape index (κ2) is 8.60. The number of rotatable bonds is 5. The molecule has 4 N–H and O–H groups in total. The van der Waals surface area contributed by atoms with Crippen molar-refractivity contribution in [3.8, 4) is 10.6 Å². The number of aromatic nitrogens is 3. The predicted molar refractivity (Wildman–Crippen MR) is 129 cm³/mol. The lowest BCUT2D eigenvalue weighted by Gasteiger charge is -2.22. The van der Waals surface area contributed by atoms with Gasteiger partial charge in [0.2, 0.25) is 0 Å². The first-order valence-electron chi connectivity index (χ1n) is 11.9. The van der Waals surface area contributed by atoms with E-state index in [1.165, 1.54) is 0 Å². The third-order valence-electron chi connectivity index (χ3n) is 7.53. The molecule has 0 bridgehead atoms. The number of aliphatic hydroxyl groups is 2. The van der Waals surface area contributed by atoms with Crippen LogP contribution in [0.1, 0.15) is 30.6 Å². The first kappa shape index (κ1) is 22.0. The van der Waals surface area contributed by atoms with Crippen molar-refractivity contribution in [2.24, 2.45) is 11.8 Å². The Labute approximate surface area is 201 Å². The molecule has 0 spiro atoms. The molecule has 9 nitrogen and oxygen atoms in total. The Kier molecular flexibility index (Phi) is 5.56. The van der Waals surface area contributed by atoms with Gasteiger partial charge in [-0.25, -0.2) is 9.97 Å². The Morgan fingerprint density at radius 1 is 1.26 bits per heavy atom. The Balaban J connectivity index is 1.24. The lowest BCUT2D eigenvalue weighted by molar-refractivity contribution is -0.138. The van der Waals surface area contributed by atoms with Crippen LogP contribution in [0, 0.1) is 11.8 Å². The highest BCUT2D eigenvalue weighted by molar-refractivity contribution is 7.15. The van der Waals surface area contributed by atoms with Crippen LogP contribution in [-0.4, -0.2) is 80.5 Å². The molecule has 0 aromatic carbocycles. The summed E-state index contributed by atoms with van der Waals surface area (Å²) in [5.41, 5.74) is 2.81. The summed E-state index contributed by atoms with van der Waals surface area (Å²) in [6, 6.07) is 2.33. The Morgan fingerprint density at radius 3 is 2.76 bits per heavy atom. The number of H-pyrrole nitrogens is 1. The number of carbonyl (C=O) groups is 1. The number of anilines is 1. The van der Waals surface area contributed by atoms with E-state index in [-0.39, 0.29) is 11.8 Å².